The molecule has 0 heterocycles. The van der Waals surface area contributed by atoms with Crippen molar-refractivity contribution in [3.63, 3.8) is 0 Å². The van der Waals surface area contributed by atoms with Gasteiger partial charge < -0.3 is 10.5 Å². The average Bonchev–Trinajstić information content (AvgIpc) is 2.28. The number of alkyl halides is 6. The second-order valence-corrected chi connectivity index (χ2v) is 4.23. The molecule has 1 aromatic carbocycles. The molecule has 0 amide bonds. The third-order valence-corrected chi connectivity index (χ3v) is 2.56. The van der Waals surface area contributed by atoms with E-state index in [0.29, 0.717) is 0 Å². The molecule has 2 N–H and O–H groups in total. The van der Waals surface area contributed by atoms with Crippen molar-refractivity contribution in [3.8, 4) is 0 Å². The summed E-state index contributed by atoms with van der Waals surface area (Å²) in [7, 11) is 0. The van der Waals surface area contributed by atoms with Crippen LogP contribution in [0.2, 0.25) is 0 Å². The first-order chi connectivity index (χ1) is 9.05. The fraction of sp³-hybridized carbons (Fsp3) is 0.500. The summed E-state index contributed by atoms with van der Waals surface area (Å²) < 4.78 is 78.6. The lowest BCUT2D eigenvalue weighted by atomic mass is 10.1. The first-order valence-electron chi connectivity index (χ1n) is 5.61. The first kappa shape index (κ1) is 16.8. The Hall–Kier alpha value is -1.28. The fourth-order valence-corrected chi connectivity index (χ4v) is 1.56. The van der Waals surface area contributed by atoms with Crippen LogP contribution in [0.4, 0.5) is 26.3 Å². The highest BCUT2D eigenvalue weighted by molar-refractivity contribution is 5.23. The SMILES string of the molecule is Cc1ccc(C(CN)OC(C(F)(F)F)C(F)(F)F)cc1. The minimum absolute atomic E-state index is 0.164. The molecule has 2 nitrogen and oxygen atoms in total. The number of rotatable bonds is 4. The molecular weight excluding hydrogens is 288 g/mol. The number of hydrogen-bond acceptors (Lipinski definition) is 2. The third kappa shape index (κ3) is 4.38. The zero-order valence-corrected chi connectivity index (χ0v) is 10.4. The lowest BCUT2D eigenvalue weighted by Crippen LogP contribution is -2.45. The zero-order valence-electron chi connectivity index (χ0n) is 10.4. The van der Waals surface area contributed by atoms with Crippen LogP contribution >= 0.6 is 0 Å². The van der Waals surface area contributed by atoms with Gasteiger partial charge in [0.1, 0.15) is 0 Å². The Morgan fingerprint density at radius 1 is 1.00 bits per heavy atom. The normalized spacial score (nSPS) is 14.7. The van der Waals surface area contributed by atoms with Crippen molar-refractivity contribution in [1.29, 1.82) is 0 Å². The standard InChI is InChI=1S/C12H13F6NO/c1-7-2-4-8(5-3-7)9(6-19)20-10(11(13,14)15)12(16,17)18/h2-5,9-10H,6,19H2,1H3. The lowest BCUT2D eigenvalue weighted by molar-refractivity contribution is -0.331. The van der Waals surface area contributed by atoms with Crippen LogP contribution in [0.15, 0.2) is 24.3 Å². The molecule has 0 radical (unpaired) electrons. The van der Waals surface area contributed by atoms with Gasteiger partial charge in [-0.25, -0.2) is 0 Å². The highest BCUT2D eigenvalue weighted by Gasteiger charge is 2.58. The summed E-state index contributed by atoms with van der Waals surface area (Å²) in [5.74, 6) is 0. The predicted molar refractivity (Wildman–Crippen MR) is 60.0 cm³/mol. The van der Waals surface area contributed by atoms with Crippen molar-refractivity contribution < 1.29 is 31.1 Å². The van der Waals surface area contributed by atoms with Crippen molar-refractivity contribution in [3.05, 3.63) is 35.4 Å². The Balaban J connectivity index is 2.98. The molecule has 0 saturated carbocycles. The minimum Gasteiger partial charge on any atom is -0.351 e. The van der Waals surface area contributed by atoms with Gasteiger partial charge in [0.15, 0.2) is 0 Å². The number of benzene rings is 1. The van der Waals surface area contributed by atoms with Crippen LogP contribution in [0, 0.1) is 6.92 Å². The van der Waals surface area contributed by atoms with Crippen LogP contribution in [0.25, 0.3) is 0 Å². The maximum Gasteiger partial charge on any atom is 0.423 e. The van der Waals surface area contributed by atoms with E-state index in [9.17, 15) is 26.3 Å². The van der Waals surface area contributed by atoms with E-state index in [1.165, 1.54) is 12.1 Å². The molecule has 1 rings (SSSR count). The Labute approximate surface area is 111 Å². The summed E-state index contributed by atoms with van der Waals surface area (Å²) in [4.78, 5) is 0. The third-order valence-electron chi connectivity index (χ3n) is 2.56. The second kappa shape index (κ2) is 6.01. The monoisotopic (exact) mass is 301 g/mol. The van der Waals surface area contributed by atoms with Gasteiger partial charge in [-0.05, 0) is 12.5 Å². The van der Waals surface area contributed by atoms with E-state index in [1.54, 1.807) is 19.1 Å². The number of halogens is 6. The van der Waals surface area contributed by atoms with Crippen LogP contribution in [-0.2, 0) is 4.74 Å². The highest BCUT2D eigenvalue weighted by Crippen LogP contribution is 2.38. The van der Waals surface area contributed by atoms with Gasteiger partial charge in [-0.2, -0.15) is 26.3 Å². The van der Waals surface area contributed by atoms with Crippen molar-refractivity contribution in [2.24, 2.45) is 5.73 Å². The van der Waals surface area contributed by atoms with Gasteiger partial charge in [0.05, 0.1) is 6.10 Å². The van der Waals surface area contributed by atoms with Gasteiger partial charge in [-0.15, -0.1) is 0 Å². The lowest BCUT2D eigenvalue weighted by Gasteiger charge is -2.27. The van der Waals surface area contributed by atoms with Crippen LogP contribution in [-0.4, -0.2) is 25.0 Å². The molecule has 0 saturated heterocycles. The summed E-state index contributed by atoms with van der Waals surface area (Å²) in [6, 6.07) is 5.88. The molecule has 0 aliphatic heterocycles. The highest BCUT2D eigenvalue weighted by atomic mass is 19.4. The molecule has 0 aromatic heterocycles. The number of aryl methyl sites for hydroxylation is 1. The van der Waals surface area contributed by atoms with Crippen LogP contribution < -0.4 is 5.73 Å². The minimum atomic E-state index is -5.55. The van der Waals surface area contributed by atoms with E-state index in [4.69, 9.17) is 5.73 Å². The maximum absolute atomic E-state index is 12.4. The number of nitrogens with two attached hydrogens (primary N) is 1. The van der Waals surface area contributed by atoms with E-state index in [-0.39, 0.29) is 5.56 Å². The zero-order chi connectivity index (χ0) is 15.6. The van der Waals surface area contributed by atoms with Gasteiger partial charge in [0, 0.05) is 6.54 Å². The molecule has 0 aliphatic rings. The van der Waals surface area contributed by atoms with E-state index >= 15 is 0 Å². The van der Waals surface area contributed by atoms with Crippen molar-refractivity contribution in [2.75, 3.05) is 6.54 Å². The van der Waals surface area contributed by atoms with Crippen molar-refractivity contribution >= 4 is 0 Å². The molecule has 1 unspecified atom stereocenters. The summed E-state index contributed by atoms with van der Waals surface area (Å²) in [5, 5.41) is 0. The summed E-state index contributed by atoms with van der Waals surface area (Å²) in [6.07, 6.45) is -16.4. The molecule has 0 spiro atoms. The molecule has 0 fully saturated rings. The van der Waals surface area contributed by atoms with Crippen molar-refractivity contribution in [1.82, 2.24) is 0 Å². The second-order valence-electron chi connectivity index (χ2n) is 4.23. The van der Waals surface area contributed by atoms with Gasteiger partial charge in [-0.1, -0.05) is 29.8 Å². The Morgan fingerprint density at radius 2 is 1.45 bits per heavy atom. The van der Waals surface area contributed by atoms with Crippen LogP contribution in [0.3, 0.4) is 0 Å². The first-order valence-corrected chi connectivity index (χ1v) is 5.61. The van der Waals surface area contributed by atoms with Gasteiger partial charge >= 0.3 is 12.4 Å². The number of hydrogen-bond donors (Lipinski definition) is 1. The van der Waals surface area contributed by atoms with Crippen molar-refractivity contribution in [2.45, 2.75) is 31.5 Å². The van der Waals surface area contributed by atoms with E-state index in [0.717, 1.165) is 5.56 Å². The van der Waals surface area contributed by atoms with Gasteiger partial charge in [0.25, 0.3) is 0 Å². The molecule has 1 atom stereocenters. The van der Waals surface area contributed by atoms with Crippen LogP contribution in [0.5, 0.6) is 0 Å². The number of ether oxygens (including phenoxy) is 1. The maximum atomic E-state index is 12.4. The van der Waals surface area contributed by atoms with Gasteiger partial charge in [-0.3, -0.25) is 0 Å². The van der Waals surface area contributed by atoms with Crippen LogP contribution in [0.1, 0.15) is 17.2 Å². The Morgan fingerprint density at radius 3 is 1.80 bits per heavy atom. The molecule has 0 bridgehead atoms. The summed E-state index contributed by atoms with van der Waals surface area (Å²) >= 11 is 0. The van der Waals surface area contributed by atoms with Gasteiger partial charge in [0.2, 0.25) is 6.10 Å². The molecule has 0 aliphatic carbocycles. The van der Waals surface area contributed by atoms with E-state index in [1.807, 2.05) is 0 Å². The Kier molecular flexibility index (Phi) is 5.04. The molecular formula is C12H13F6NO. The molecule has 1 aromatic rings. The Bertz CT molecular complexity index is 411. The summed E-state index contributed by atoms with van der Waals surface area (Å²) in [5.41, 5.74) is 6.19. The van der Waals surface area contributed by atoms with E-state index < -0.39 is 31.1 Å². The summed E-state index contributed by atoms with van der Waals surface area (Å²) in [6.45, 7) is 1.24. The predicted octanol–water partition coefficient (Wildman–Crippen LogP) is 3.50. The molecule has 8 heteroatoms. The largest absolute Gasteiger partial charge is 0.423 e. The average molecular weight is 301 g/mol. The fourth-order valence-electron chi connectivity index (χ4n) is 1.56. The molecule has 20 heavy (non-hydrogen) atoms. The van der Waals surface area contributed by atoms with E-state index in [2.05, 4.69) is 4.74 Å². The topological polar surface area (TPSA) is 35.2 Å². The smallest absolute Gasteiger partial charge is 0.351 e. The quantitative estimate of drug-likeness (QED) is 0.864. The molecule has 114 valence electrons.